The summed E-state index contributed by atoms with van der Waals surface area (Å²) in [6.45, 7) is 5.07. The zero-order valence-electron chi connectivity index (χ0n) is 13.6. The monoisotopic (exact) mass is 330 g/mol. The van der Waals surface area contributed by atoms with E-state index in [0.29, 0.717) is 17.5 Å². The van der Waals surface area contributed by atoms with Crippen molar-refractivity contribution >= 4 is 17.5 Å². The lowest BCUT2D eigenvalue weighted by atomic mass is 9.96. The molecular formula is C19H23ClN2O. The minimum Gasteiger partial charge on any atom is -0.351 e. The fraction of sp³-hybridized carbons (Fsp3) is 0.316. The third-order valence-corrected chi connectivity index (χ3v) is 3.92. The molecule has 2 aromatic rings. The Morgan fingerprint density at radius 1 is 1.09 bits per heavy atom. The molecular weight excluding hydrogens is 308 g/mol. The quantitative estimate of drug-likeness (QED) is 0.807. The highest BCUT2D eigenvalue weighted by atomic mass is 35.5. The summed E-state index contributed by atoms with van der Waals surface area (Å²) in [5.41, 5.74) is 2.19. The first-order valence-corrected chi connectivity index (χ1v) is 8.23. The summed E-state index contributed by atoms with van der Waals surface area (Å²) in [4.78, 5) is 12.1. The molecule has 0 aliphatic heterocycles. The van der Waals surface area contributed by atoms with E-state index in [1.807, 2.05) is 42.5 Å². The Kier molecular flexibility index (Phi) is 6.63. The molecule has 2 aromatic carbocycles. The van der Waals surface area contributed by atoms with Gasteiger partial charge in [0.15, 0.2) is 0 Å². The van der Waals surface area contributed by atoms with Crippen LogP contribution in [0.2, 0.25) is 5.02 Å². The Balaban J connectivity index is 1.85. The number of hydrogen-bond acceptors (Lipinski definition) is 2. The van der Waals surface area contributed by atoms with Crippen molar-refractivity contribution in [2.24, 2.45) is 5.92 Å². The number of benzene rings is 2. The second-order valence-corrected chi connectivity index (χ2v) is 6.36. The van der Waals surface area contributed by atoms with Crippen LogP contribution in [0.15, 0.2) is 54.6 Å². The van der Waals surface area contributed by atoms with Gasteiger partial charge in [0.05, 0.1) is 6.54 Å². The molecule has 0 saturated carbocycles. The van der Waals surface area contributed by atoms with Crippen LogP contribution in [0.1, 0.15) is 31.0 Å². The molecule has 3 nitrogen and oxygen atoms in total. The Hall–Kier alpha value is -1.84. The molecule has 0 bridgehead atoms. The van der Waals surface area contributed by atoms with E-state index in [1.165, 1.54) is 5.56 Å². The van der Waals surface area contributed by atoms with Crippen LogP contribution in [0.4, 0.5) is 0 Å². The van der Waals surface area contributed by atoms with Gasteiger partial charge >= 0.3 is 0 Å². The second-order valence-electron chi connectivity index (χ2n) is 5.92. The minimum atomic E-state index is -0.0217. The molecule has 2 N–H and O–H groups in total. The van der Waals surface area contributed by atoms with Crippen LogP contribution in [0, 0.1) is 5.92 Å². The first kappa shape index (κ1) is 17.5. The molecule has 0 heterocycles. The molecule has 23 heavy (non-hydrogen) atoms. The largest absolute Gasteiger partial charge is 0.351 e. The number of carbonyl (C=O) groups is 1. The first-order valence-electron chi connectivity index (χ1n) is 7.85. The predicted molar refractivity (Wildman–Crippen MR) is 95.3 cm³/mol. The zero-order chi connectivity index (χ0) is 16.7. The van der Waals surface area contributed by atoms with Crippen LogP contribution in [0.3, 0.4) is 0 Å². The van der Waals surface area contributed by atoms with Crippen molar-refractivity contribution in [3.8, 4) is 0 Å². The van der Waals surface area contributed by atoms with Gasteiger partial charge in [0.1, 0.15) is 0 Å². The van der Waals surface area contributed by atoms with Gasteiger partial charge < -0.3 is 10.6 Å². The highest BCUT2D eigenvalue weighted by Gasteiger charge is 2.16. The molecule has 0 aliphatic carbocycles. The standard InChI is InChI=1S/C19H23ClN2O/c1-14(2)19(16-8-4-3-5-9-16)22-13-18(23)21-12-15-7-6-10-17(20)11-15/h3-11,14,19,22H,12-13H2,1-2H3,(H,21,23)/t19-/m0/s1. The van der Waals surface area contributed by atoms with Crippen LogP contribution in [0.5, 0.6) is 0 Å². The second kappa shape index (κ2) is 8.70. The third-order valence-electron chi connectivity index (χ3n) is 3.69. The summed E-state index contributed by atoms with van der Waals surface area (Å²) >= 11 is 5.94. The number of hydrogen-bond donors (Lipinski definition) is 2. The van der Waals surface area contributed by atoms with Crippen molar-refractivity contribution in [1.29, 1.82) is 0 Å². The number of carbonyl (C=O) groups excluding carboxylic acids is 1. The molecule has 0 saturated heterocycles. The number of halogens is 1. The molecule has 1 amide bonds. The molecule has 122 valence electrons. The van der Waals surface area contributed by atoms with Crippen molar-refractivity contribution in [3.63, 3.8) is 0 Å². The Labute approximate surface area is 143 Å². The molecule has 0 aliphatic rings. The van der Waals surface area contributed by atoms with Gasteiger partial charge in [-0.05, 0) is 29.2 Å². The highest BCUT2D eigenvalue weighted by Crippen LogP contribution is 2.20. The van der Waals surface area contributed by atoms with E-state index < -0.39 is 0 Å². The van der Waals surface area contributed by atoms with Gasteiger partial charge in [-0.2, -0.15) is 0 Å². The maximum Gasteiger partial charge on any atom is 0.234 e. The van der Waals surface area contributed by atoms with E-state index in [0.717, 1.165) is 5.56 Å². The highest BCUT2D eigenvalue weighted by molar-refractivity contribution is 6.30. The Morgan fingerprint density at radius 2 is 1.83 bits per heavy atom. The van der Waals surface area contributed by atoms with Gasteiger partial charge in [-0.1, -0.05) is 67.9 Å². The molecule has 1 atom stereocenters. The van der Waals surface area contributed by atoms with Crippen molar-refractivity contribution in [3.05, 3.63) is 70.7 Å². The van der Waals surface area contributed by atoms with E-state index in [9.17, 15) is 4.79 Å². The van der Waals surface area contributed by atoms with Gasteiger partial charge in [-0.25, -0.2) is 0 Å². The summed E-state index contributed by atoms with van der Waals surface area (Å²) < 4.78 is 0. The lowest BCUT2D eigenvalue weighted by Crippen LogP contribution is -2.37. The van der Waals surface area contributed by atoms with Crippen LogP contribution in [-0.4, -0.2) is 12.5 Å². The van der Waals surface area contributed by atoms with Gasteiger partial charge in [0, 0.05) is 17.6 Å². The summed E-state index contributed by atoms with van der Waals surface area (Å²) in [6, 6.07) is 17.9. The van der Waals surface area contributed by atoms with Crippen molar-refractivity contribution in [2.45, 2.75) is 26.4 Å². The lowest BCUT2D eigenvalue weighted by Gasteiger charge is -2.22. The van der Waals surface area contributed by atoms with Crippen molar-refractivity contribution < 1.29 is 4.79 Å². The minimum absolute atomic E-state index is 0.0217. The lowest BCUT2D eigenvalue weighted by molar-refractivity contribution is -0.120. The molecule has 0 aromatic heterocycles. The first-order chi connectivity index (χ1) is 11.1. The van der Waals surface area contributed by atoms with E-state index in [4.69, 9.17) is 11.6 Å². The van der Waals surface area contributed by atoms with Gasteiger partial charge in [-0.3, -0.25) is 4.79 Å². The molecule has 0 unspecified atom stereocenters. The number of nitrogens with one attached hydrogen (secondary N) is 2. The van der Waals surface area contributed by atoms with Crippen LogP contribution < -0.4 is 10.6 Å². The van der Waals surface area contributed by atoms with Crippen LogP contribution in [-0.2, 0) is 11.3 Å². The summed E-state index contributed by atoms with van der Waals surface area (Å²) in [7, 11) is 0. The molecule has 4 heteroatoms. The molecule has 0 fully saturated rings. The van der Waals surface area contributed by atoms with E-state index in [2.05, 4.69) is 36.6 Å². The topological polar surface area (TPSA) is 41.1 Å². The van der Waals surface area contributed by atoms with Gasteiger partial charge in [0.25, 0.3) is 0 Å². The summed E-state index contributed by atoms with van der Waals surface area (Å²) in [6.07, 6.45) is 0. The van der Waals surface area contributed by atoms with Gasteiger partial charge in [0.2, 0.25) is 5.91 Å². The zero-order valence-corrected chi connectivity index (χ0v) is 14.3. The van der Waals surface area contributed by atoms with E-state index in [1.54, 1.807) is 0 Å². The number of rotatable bonds is 7. The normalized spacial score (nSPS) is 12.2. The molecule has 0 spiro atoms. The SMILES string of the molecule is CC(C)[C@H](NCC(=O)NCc1cccc(Cl)c1)c1ccccc1. The van der Waals surface area contributed by atoms with E-state index >= 15 is 0 Å². The third kappa shape index (κ3) is 5.70. The van der Waals surface area contributed by atoms with Gasteiger partial charge in [-0.15, -0.1) is 0 Å². The number of amides is 1. The van der Waals surface area contributed by atoms with Crippen LogP contribution in [0.25, 0.3) is 0 Å². The maximum absolute atomic E-state index is 12.1. The average Bonchev–Trinajstić information content (AvgIpc) is 2.54. The summed E-state index contributed by atoms with van der Waals surface area (Å²) in [5.74, 6) is 0.379. The fourth-order valence-corrected chi connectivity index (χ4v) is 2.72. The van der Waals surface area contributed by atoms with E-state index in [-0.39, 0.29) is 18.5 Å². The molecule has 2 rings (SSSR count). The summed E-state index contributed by atoms with van der Waals surface area (Å²) in [5, 5.41) is 6.94. The smallest absolute Gasteiger partial charge is 0.234 e. The van der Waals surface area contributed by atoms with Crippen LogP contribution >= 0.6 is 11.6 Å². The molecule has 0 radical (unpaired) electrons. The Bertz CT molecular complexity index is 628. The average molecular weight is 331 g/mol. The van der Waals surface area contributed by atoms with Crippen molar-refractivity contribution in [1.82, 2.24) is 10.6 Å². The Morgan fingerprint density at radius 3 is 2.48 bits per heavy atom. The fourth-order valence-electron chi connectivity index (χ4n) is 2.51. The van der Waals surface area contributed by atoms with Crippen molar-refractivity contribution in [2.75, 3.05) is 6.54 Å². The predicted octanol–water partition coefficient (Wildman–Crippen LogP) is 3.94. The maximum atomic E-state index is 12.1.